The van der Waals surface area contributed by atoms with Crippen LogP contribution in [0.3, 0.4) is 0 Å². The summed E-state index contributed by atoms with van der Waals surface area (Å²) in [4.78, 5) is 46.0. The second kappa shape index (κ2) is 13.0. The van der Waals surface area contributed by atoms with E-state index in [1.165, 1.54) is 9.58 Å². The molecule has 12 heteroatoms. The second-order valence-corrected chi connectivity index (χ2v) is 12.1. The Balaban J connectivity index is 1.67. The number of amides is 3. The first-order chi connectivity index (χ1) is 19.5. The van der Waals surface area contributed by atoms with Gasteiger partial charge in [-0.2, -0.15) is 0 Å². The normalized spacial score (nSPS) is 19.8. The quantitative estimate of drug-likeness (QED) is 0.537. The highest BCUT2D eigenvalue weighted by molar-refractivity contribution is 5.94. The summed E-state index contributed by atoms with van der Waals surface area (Å²) < 4.78 is 12.6. The molecule has 0 aliphatic carbocycles. The molecule has 2 saturated heterocycles. The largest absolute Gasteiger partial charge is 0.444 e. The van der Waals surface area contributed by atoms with Crippen LogP contribution in [0.1, 0.15) is 57.2 Å². The van der Waals surface area contributed by atoms with Gasteiger partial charge in [0, 0.05) is 32.7 Å². The van der Waals surface area contributed by atoms with Crippen molar-refractivity contribution in [3.63, 3.8) is 0 Å². The van der Waals surface area contributed by atoms with Gasteiger partial charge in [0.2, 0.25) is 5.91 Å². The van der Waals surface area contributed by atoms with Gasteiger partial charge in [-0.25, -0.2) is 9.48 Å². The van der Waals surface area contributed by atoms with Crippen LogP contribution in [0.5, 0.6) is 0 Å². The predicted molar refractivity (Wildman–Crippen MR) is 150 cm³/mol. The fourth-order valence-electron chi connectivity index (χ4n) is 5.31. The summed E-state index contributed by atoms with van der Waals surface area (Å²) in [5, 5.41) is 18.6. The van der Waals surface area contributed by atoms with Gasteiger partial charge in [-0.1, -0.05) is 37.3 Å². The molecule has 1 unspecified atom stereocenters. The number of benzene rings is 1. The van der Waals surface area contributed by atoms with Crippen molar-refractivity contribution in [2.45, 2.75) is 59.3 Å². The van der Waals surface area contributed by atoms with Crippen molar-refractivity contribution in [3.05, 3.63) is 41.7 Å². The van der Waals surface area contributed by atoms with Crippen molar-refractivity contribution >= 4 is 17.9 Å². The van der Waals surface area contributed by atoms with E-state index in [2.05, 4.69) is 10.3 Å². The fourth-order valence-corrected chi connectivity index (χ4v) is 5.31. The Labute approximate surface area is 241 Å². The molecule has 2 aromatic rings. The third-order valence-electron chi connectivity index (χ3n) is 7.13. The molecule has 0 radical (unpaired) electrons. The lowest BCUT2D eigenvalue weighted by Gasteiger charge is -2.44. The molecule has 2 aliphatic rings. The van der Waals surface area contributed by atoms with E-state index >= 15 is 0 Å². The summed E-state index contributed by atoms with van der Waals surface area (Å²) in [5.74, 6) is -0.891. The smallest absolute Gasteiger partial charge is 0.410 e. The lowest BCUT2D eigenvalue weighted by atomic mass is 9.91. The minimum atomic E-state index is -0.715. The molecule has 2 aliphatic heterocycles. The molecule has 41 heavy (non-hydrogen) atoms. The van der Waals surface area contributed by atoms with E-state index in [9.17, 15) is 19.5 Å². The molecule has 0 bridgehead atoms. The Morgan fingerprint density at radius 2 is 1.78 bits per heavy atom. The number of aliphatic hydroxyl groups excluding tert-OH is 1. The van der Waals surface area contributed by atoms with Crippen molar-refractivity contribution in [1.29, 1.82) is 0 Å². The number of para-hydroxylation sites is 1. The number of nitrogens with zero attached hydrogens (tertiary/aromatic N) is 6. The first-order valence-electron chi connectivity index (χ1n) is 14.2. The third kappa shape index (κ3) is 7.42. The highest BCUT2D eigenvalue weighted by Crippen LogP contribution is 2.27. The molecule has 0 saturated carbocycles. The van der Waals surface area contributed by atoms with Crippen LogP contribution in [0, 0.1) is 11.8 Å². The molecule has 224 valence electrons. The number of aromatic nitrogens is 3. The van der Waals surface area contributed by atoms with Gasteiger partial charge in [-0.05, 0) is 45.2 Å². The number of aliphatic hydroxyl groups is 1. The molecule has 12 nitrogen and oxygen atoms in total. The highest BCUT2D eigenvalue weighted by atomic mass is 16.6. The lowest BCUT2D eigenvalue weighted by molar-refractivity contribution is -0.142. The molecule has 2 fully saturated rings. The number of ether oxygens (including phenoxy) is 2. The van der Waals surface area contributed by atoms with Crippen LogP contribution in [0.15, 0.2) is 30.3 Å². The van der Waals surface area contributed by atoms with E-state index in [-0.39, 0.29) is 36.3 Å². The average molecular weight is 571 g/mol. The van der Waals surface area contributed by atoms with E-state index in [0.29, 0.717) is 45.0 Å². The first-order valence-corrected chi connectivity index (χ1v) is 14.2. The van der Waals surface area contributed by atoms with Gasteiger partial charge in [-0.3, -0.25) is 9.59 Å². The molecular weight excluding hydrogens is 528 g/mol. The van der Waals surface area contributed by atoms with Crippen molar-refractivity contribution in [1.82, 2.24) is 29.7 Å². The Kier molecular flexibility index (Phi) is 9.64. The number of rotatable bonds is 7. The van der Waals surface area contributed by atoms with Gasteiger partial charge in [0.1, 0.15) is 11.3 Å². The number of piperidine rings is 1. The van der Waals surface area contributed by atoms with Crippen molar-refractivity contribution < 1.29 is 29.0 Å². The zero-order valence-corrected chi connectivity index (χ0v) is 24.7. The summed E-state index contributed by atoms with van der Waals surface area (Å²) in [5.41, 5.74) is 0.272. The summed E-state index contributed by atoms with van der Waals surface area (Å²) >= 11 is 0. The average Bonchev–Trinajstić information content (AvgIpc) is 3.39. The van der Waals surface area contributed by atoms with E-state index in [4.69, 9.17) is 9.47 Å². The summed E-state index contributed by atoms with van der Waals surface area (Å²) in [6.07, 6.45) is -0.139. The van der Waals surface area contributed by atoms with E-state index in [1.54, 1.807) is 30.6 Å². The molecule has 1 aromatic carbocycles. The highest BCUT2D eigenvalue weighted by Gasteiger charge is 2.42. The summed E-state index contributed by atoms with van der Waals surface area (Å²) in [6, 6.07) is 8.69. The molecule has 1 N–H and O–H groups in total. The maximum atomic E-state index is 14.1. The van der Waals surface area contributed by atoms with Crippen LogP contribution < -0.4 is 0 Å². The molecule has 4 rings (SSSR count). The summed E-state index contributed by atoms with van der Waals surface area (Å²) in [6.45, 7) is 11.6. The molecule has 3 heterocycles. The minimum Gasteiger partial charge on any atom is -0.444 e. The standard InChI is InChI=1S/C29H42N6O6/c1-20(2)16-34(27(38)25-24(19-36)35(31-30-25)22-9-7-6-8-10-22)23-15-21(26(37)32-11-13-40-14-12-32)17-33(18-23)28(39)41-29(3,4)5/h6-10,20-21,23,36H,11-19H2,1-5H3/t21-,23?/m1/s1. The number of carbonyl (C=O) groups excluding carboxylic acids is 3. The molecule has 0 spiro atoms. The van der Waals surface area contributed by atoms with Gasteiger partial charge in [-0.15, -0.1) is 5.10 Å². The van der Waals surface area contributed by atoms with E-state index in [0.717, 1.165) is 0 Å². The molecule has 2 atom stereocenters. The number of likely N-dealkylation sites (tertiary alicyclic amines) is 1. The van der Waals surface area contributed by atoms with Gasteiger partial charge >= 0.3 is 6.09 Å². The van der Waals surface area contributed by atoms with Crippen LogP contribution in [-0.4, -0.2) is 110 Å². The van der Waals surface area contributed by atoms with Crippen molar-refractivity contribution in [2.24, 2.45) is 11.8 Å². The Bertz CT molecular complexity index is 1200. The maximum absolute atomic E-state index is 14.1. The van der Waals surface area contributed by atoms with Crippen molar-refractivity contribution in [2.75, 3.05) is 45.9 Å². The number of morpholine rings is 1. The molecular formula is C29H42N6O6. The van der Waals surface area contributed by atoms with Gasteiger partial charge in [0.25, 0.3) is 5.91 Å². The van der Waals surface area contributed by atoms with Gasteiger partial charge in [0.05, 0.1) is 37.5 Å². The SMILES string of the molecule is CC(C)CN(C(=O)c1nnn(-c2ccccc2)c1CO)C1C[C@@H](C(=O)N2CCOCC2)CN(C(=O)OC(C)(C)C)C1. The molecule has 3 amide bonds. The summed E-state index contributed by atoms with van der Waals surface area (Å²) in [7, 11) is 0. The number of hydrogen-bond acceptors (Lipinski definition) is 8. The van der Waals surface area contributed by atoms with Gasteiger partial charge < -0.3 is 29.3 Å². The van der Waals surface area contributed by atoms with E-state index in [1.807, 2.05) is 44.2 Å². The lowest BCUT2D eigenvalue weighted by Crippen LogP contribution is -2.58. The first kappa shape index (κ1) is 30.4. The van der Waals surface area contributed by atoms with Crippen LogP contribution in [0.2, 0.25) is 0 Å². The predicted octanol–water partition coefficient (Wildman–Crippen LogP) is 2.34. The number of carbonyl (C=O) groups is 3. The monoisotopic (exact) mass is 570 g/mol. The van der Waals surface area contributed by atoms with Crippen LogP contribution >= 0.6 is 0 Å². The van der Waals surface area contributed by atoms with Crippen LogP contribution in [0.4, 0.5) is 4.79 Å². The van der Waals surface area contributed by atoms with Crippen LogP contribution in [0.25, 0.3) is 5.69 Å². The topological polar surface area (TPSA) is 130 Å². The Hall–Kier alpha value is -3.51. The minimum absolute atomic E-state index is 0.0439. The zero-order valence-electron chi connectivity index (χ0n) is 24.7. The zero-order chi connectivity index (χ0) is 29.7. The van der Waals surface area contributed by atoms with Gasteiger partial charge in [0.15, 0.2) is 5.69 Å². The van der Waals surface area contributed by atoms with Crippen molar-refractivity contribution in [3.8, 4) is 5.69 Å². The maximum Gasteiger partial charge on any atom is 0.410 e. The molecule has 1 aromatic heterocycles. The Morgan fingerprint density at radius 1 is 1.10 bits per heavy atom. The Morgan fingerprint density at radius 3 is 2.39 bits per heavy atom. The fraction of sp³-hybridized carbons (Fsp3) is 0.621. The third-order valence-corrected chi connectivity index (χ3v) is 7.13. The number of hydrogen-bond donors (Lipinski definition) is 1. The van der Waals surface area contributed by atoms with Crippen LogP contribution in [-0.2, 0) is 20.9 Å². The second-order valence-electron chi connectivity index (χ2n) is 12.1. The van der Waals surface area contributed by atoms with E-state index < -0.39 is 36.2 Å².